The van der Waals surface area contributed by atoms with Crippen LogP contribution in [0, 0.1) is 0 Å². The van der Waals surface area contributed by atoms with Crippen molar-refractivity contribution in [2.24, 2.45) is 0 Å². The Morgan fingerprint density at radius 1 is 0.929 bits per heavy atom. The summed E-state index contributed by atoms with van der Waals surface area (Å²) in [6.45, 7) is 0. The molecule has 7 heteroatoms. The van der Waals surface area contributed by atoms with E-state index in [1.807, 2.05) is 48.5 Å². The van der Waals surface area contributed by atoms with Crippen molar-refractivity contribution in [3.63, 3.8) is 0 Å². The van der Waals surface area contributed by atoms with E-state index in [-0.39, 0.29) is 10.8 Å². The normalized spacial score (nSPS) is 12.5. The van der Waals surface area contributed by atoms with E-state index < -0.39 is 16.1 Å². The molecule has 0 unspecified atom stereocenters. The van der Waals surface area contributed by atoms with Gasteiger partial charge in [0.1, 0.15) is 0 Å². The topological polar surface area (TPSA) is 79.4 Å². The summed E-state index contributed by atoms with van der Waals surface area (Å²) in [5.74, 6) is -0.312. The van der Waals surface area contributed by atoms with Crippen LogP contribution in [0.15, 0.2) is 83.9 Å². The van der Waals surface area contributed by atoms with Crippen LogP contribution in [-0.4, -0.2) is 37.7 Å². The van der Waals surface area contributed by atoms with Gasteiger partial charge in [-0.15, -0.1) is 0 Å². The number of rotatable bonds is 6. The Bertz CT molecular complexity index is 996. The third kappa shape index (κ3) is 4.27. The predicted molar refractivity (Wildman–Crippen MR) is 107 cm³/mol. The molecule has 0 saturated heterocycles. The molecule has 0 aliphatic carbocycles. The Labute approximate surface area is 164 Å². The molecule has 3 rings (SSSR count). The second-order valence-electron chi connectivity index (χ2n) is 6.38. The largest absolute Gasteiger partial charge is 0.340 e. The minimum atomic E-state index is -3.54. The van der Waals surface area contributed by atoms with E-state index in [4.69, 9.17) is 0 Å². The molecule has 0 aliphatic rings. The number of carbonyl (C=O) groups is 1. The van der Waals surface area contributed by atoms with Crippen molar-refractivity contribution < 1.29 is 13.2 Å². The number of carbonyl (C=O) groups excluding carboxylic acids is 1. The Morgan fingerprint density at radius 2 is 1.57 bits per heavy atom. The van der Waals surface area contributed by atoms with Crippen LogP contribution in [0.4, 0.5) is 0 Å². The van der Waals surface area contributed by atoms with E-state index in [0.717, 1.165) is 9.87 Å². The highest BCUT2D eigenvalue weighted by Crippen LogP contribution is 2.21. The summed E-state index contributed by atoms with van der Waals surface area (Å²) in [5.41, 5.74) is 1.99. The van der Waals surface area contributed by atoms with Gasteiger partial charge in [-0.05, 0) is 42.0 Å². The van der Waals surface area contributed by atoms with Crippen molar-refractivity contribution in [2.75, 3.05) is 14.1 Å². The molecule has 1 atom stereocenters. The predicted octanol–water partition coefficient (Wildman–Crippen LogP) is 2.85. The monoisotopic (exact) mass is 395 g/mol. The SMILES string of the molecule is CN(C)S(=O)(=O)c1ccc(C(=O)N[C@@H](c2ccccc2)c2ccccn2)cc1. The molecule has 0 radical (unpaired) electrons. The van der Waals surface area contributed by atoms with Gasteiger partial charge in [0, 0.05) is 25.9 Å². The molecule has 144 valence electrons. The van der Waals surface area contributed by atoms with Gasteiger partial charge in [0.05, 0.1) is 16.6 Å². The Morgan fingerprint density at radius 3 is 2.14 bits per heavy atom. The molecule has 1 heterocycles. The second-order valence-corrected chi connectivity index (χ2v) is 8.54. The molecule has 0 bridgehead atoms. The van der Waals surface area contributed by atoms with Gasteiger partial charge in [0.2, 0.25) is 10.0 Å². The van der Waals surface area contributed by atoms with E-state index in [0.29, 0.717) is 11.3 Å². The zero-order valence-electron chi connectivity index (χ0n) is 15.6. The van der Waals surface area contributed by atoms with E-state index >= 15 is 0 Å². The average molecular weight is 395 g/mol. The zero-order valence-corrected chi connectivity index (χ0v) is 16.4. The fourth-order valence-electron chi connectivity index (χ4n) is 2.72. The smallest absolute Gasteiger partial charge is 0.252 e. The highest BCUT2D eigenvalue weighted by molar-refractivity contribution is 7.89. The van der Waals surface area contributed by atoms with Crippen LogP contribution in [0.2, 0.25) is 0 Å². The number of nitrogens with zero attached hydrogens (tertiary/aromatic N) is 2. The van der Waals surface area contributed by atoms with Crippen molar-refractivity contribution in [3.8, 4) is 0 Å². The van der Waals surface area contributed by atoms with Crippen LogP contribution >= 0.6 is 0 Å². The number of hydrogen-bond donors (Lipinski definition) is 1. The minimum Gasteiger partial charge on any atom is -0.340 e. The number of sulfonamides is 1. The maximum absolute atomic E-state index is 12.8. The Hall–Kier alpha value is -3.03. The number of nitrogens with one attached hydrogen (secondary N) is 1. The first-order valence-corrected chi connectivity index (χ1v) is 10.1. The summed E-state index contributed by atoms with van der Waals surface area (Å²) in [7, 11) is -0.606. The fraction of sp³-hybridized carbons (Fsp3) is 0.143. The van der Waals surface area contributed by atoms with Gasteiger partial charge in [0.25, 0.3) is 5.91 Å². The maximum atomic E-state index is 12.8. The van der Waals surface area contributed by atoms with Crippen LogP contribution < -0.4 is 5.32 Å². The number of pyridine rings is 1. The lowest BCUT2D eigenvalue weighted by Crippen LogP contribution is -2.30. The molecule has 3 aromatic rings. The standard InChI is InChI=1S/C21H21N3O3S/c1-24(2)28(26,27)18-13-11-17(12-14-18)21(25)23-20(16-8-4-3-5-9-16)19-10-6-7-15-22-19/h3-15,20H,1-2H3,(H,23,25)/t20-/m0/s1. The minimum absolute atomic E-state index is 0.137. The zero-order chi connectivity index (χ0) is 20.1. The van der Waals surface area contributed by atoms with Crippen LogP contribution in [0.5, 0.6) is 0 Å². The van der Waals surface area contributed by atoms with Gasteiger partial charge >= 0.3 is 0 Å². The van der Waals surface area contributed by atoms with Crippen LogP contribution in [0.3, 0.4) is 0 Å². The maximum Gasteiger partial charge on any atom is 0.252 e. The molecule has 0 saturated carbocycles. The summed E-state index contributed by atoms with van der Waals surface area (Å²) in [6, 6.07) is 20.6. The molecular weight excluding hydrogens is 374 g/mol. The molecular formula is C21H21N3O3S. The van der Waals surface area contributed by atoms with E-state index in [9.17, 15) is 13.2 Å². The fourth-order valence-corrected chi connectivity index (χ4v) is 3.63. The third-order valence-corrected chi connectivity index (χ3v) is 6.12. The lowest BCUT2D eigenvalue weighted by Gasteiger charge is -2.19. The number of hydrogen-bond acceptors (Lipinski definition) is 4. The van der Waals surface area contributed by atoms with Crippen LogP contribution in [0.1, 0.15) is 27.7 Å². The first kappa shape index (κ1) is 19.7. The summed E-state index contributed by atoms with van der Waals surface area (Å²) >= 11 is 0. The van der Waals surface area contributed by atoms with Crippen molar-refractivity contribution in [1.29, 1.82) is 0 Å². The van der Waals surface area contributed by atoms with E-state index in [1.54, 1.807) is 6.20 Å². The van der Waals surface area contributed by atoms with Crippen LogP contribution in [-0.2, 0) is 10.0 Å². The van der Waals surface area contributed by atoms with Gasteiger partial charge in [-0.25, -0.2) is 12.7 Å². The summed E-state index contributed by atoms with van der Waals surface area (Å²) < 4.78 is 25.5. The summed E-state index contributed by atoms with van der Waals surface area (Å²) in [5, 5.41) is 2.99. The highest BCUT2D eigenvalue weighted by atomic mass is 32.2. The Balaban J connectivity index is 1.87. The highest BCUT2D eigenvalue weighted by Gasteiger charge is 2.20. The molecule has 0 spiro atoms. The summed E-state index contributed by atoms with van der Waals surface area (Å²) in [4.78, 5) is 17.3. The van der Waals surface area contributed by atoms with Gasteiger partial charge in [-0.1, -0.05) is 36.4 Å². The molecule has 1 N–H and O–H groups in total. The first-order valence-electron chi connectivity index (χ1n) is 8.69. The molecule has 28 heavy (non-hydrogen) atoms. The number of benzene rings is 2. The van der Waals surface area contributed by atoms with Crippen molar-refractivity contribution in [1.82, 2.24) is 14.6 Å². The molecule has 0 aliphatic heterocycles. The van der Waals surface area contributed by atoms with Crippen LogP contribution in [0.25, 0.3) is 0 Å². The second kappa shape index (κ2) is 8.33. The third-order valence-electron chi connectivity index (χ3n) is 4.29. The Kier molecular flexibility index (Phi) is 5.87. The van der Waals surface area contributed by atoms with Gasteiger partial charge < -0.3 is 5.32 Å². The number of amides is 1. The molecule has 0 fully saturated rings. The van der Waals surface area contributed by atoms with E-state index in [1.165, 1.54) is 38.4 Å². The summed E-state index contributed by atoms with van der Waals surface area (Å²) in [6.07, 6.45) is 1.68. The quantitative estimate of drug-likeness (QED) is 0.696. The molecule has 2 aromatic carbocycles. The lowest BCUT2D eigenvalue weighted by atomic mass is 10.0. The van der Waals surface area contributed by atoms with Crippen molar-refractivity contribution >= 4 is 15.9 Å². The lowest BCUT2D eigenvalue weighted by molar-refractivity contribution is 0.0942. The number of aromatic nitrogens is 1. The van der Waals surface area contributed by atoms with Gasteiger partial charge in [0.15, 0.2) is 0 Å². The van der Waals surface area contributed by atoms with Gasteiger partial charge in [-0.2, -0.15) is 0 Å². The van der Waals surface area contributed by atoms with Crippen molar-refractivity contribution in [3.05, 3.63) is 95.8 Å². The molecule has 1 aromatic heterocycles. The molecule has 1 amide bonds. The average Bonchev–Trinajstić information content (AvgIpc) is 2.73. The molecule has 6 nitrogen and oxygen atoms in total. The van der Waals surface area contributed by atoms with Crippen molar-refractivity contribution in [2.45, 2.75) is 10.9 Å². The van der Waals surface area contributed by atoms with E-state index in [2.05, 4.69) is 10.3 Å². The first-order chi connectivity index (χ1) is 13.4. The van der Waals surface area contributed by atoms with Gasteiger partial charge in [-0.3, -0.25) is 9.78 Å².